The van der Waals surface area contributed by atoms with Crippen LogP contribution in [0, 0.1) is 5.92 Å². The molecule has 1 aliphatic rings. The zero-order valence-corrected chi connectivity index (χ0v) is 17.9. The van der Waals surface area contributed by atoms with E-state index >= 15 is 0 Å². The molecule has 3 aromatic rings. The number of pyridine rings is 1. The number of fused-ring (bicyclic) bond motifs is 1. The van der Waals surface area contributed by atoms with Gasteiger partial charge in [0.25, 0.3) is 5.91 Å². The Morgan fingerprint density at radius 3 is 2.84 bits per heavy atom. The van der Waals surface area contributed by atoms with Crippen LogP contribution in [0.15, 0.2) is 48.9 Å². The number of methoxy groups -OCH3 is 1. The molecule has 8 heteroatoms. The number of hydrogen-bond acceptors (Lipinski definition) is 5. The molecule has 1 aromatic carbocycles. The van der Waals surface area contributed by atoms with Crippen molar-refractivity contribution in [2.45, 2.75) is 13.0 Å². The van der Waals surface area contributed by atoms with Crippen LogP contribution in [0.25, 0.3) is 11.0 Å². The molecule has 162 valence electrons. The molecule has 0 N–H and O–H groups in total. The van der Waals surface area contributed by atoms with Gasteiger partial charge in [0.15, 0.2) is 0 Å². The van der Waals surface area contributed by atoms with E-state index in [0.29, 0.717) is 44.8 Å². The number of imidazole rings is 1. The maximum atomic E-state index is 13.3. The summed E-state index contributed by atoms with van der Waals surface area (Å²) < 4.78 is 7.15. The topological polar surface area (TPSA) is 80.6 Å². The van der Waals surface area contributed by atoms with Gasteiger partial charge in [-0.2, -0.15) is 0 Å². The zero-order valence-electron chi connectivity index (χ0n) is 17.9. The fourth-order valence-electron chi connectivity index (χ4n) is 3.98. The van der Waals surface area contributed by atoms with Gasteiger partial charge in [-0.25, -0.2) is 4.98 Å². The van der Waals surface area contributed by atoms with Crippen LogP contribution in [-0.4, -0.2) is 76.5 Å². The number of aromatic nitrogens is 3. The largest absolute Gasteiger partial charge is 0.383 e. The number of amides is 2. The average Bonchev–Trinajstić information content (AvgIpc) is 3.15. The highest BCUT2D eigenvalue weighted by Crippen LogP contribution is 2.20. The lowest BCUT2D eigenvalue weighted by Gasteiger charge is -2.23. The minimum atomic E-state index is -0.316. The van der Waals surface area contributed by atoms with Crippen LogP contribution in [0.5, 0.6) is 0 Å². The van der Waals surface area contributed by atoms with E-state index in [-0.39, 0.29) is 17.7 Å². The summed E-state index contributed by atoms with van der Waals surface area (Å²) in [5, 5.41) is 0. The number of carbonyl (C=O) groups excluding carboxylic acids is 2. The Kier molecular flexibility index (Phi) is 6.27. The molecule has 0 radical (unpaired) electrons. The van der Waals surface area contributed by atoms with Crippen LogP contribution >= 0.6 is 0 Å². The van der Waals surface area contributed by atoms with Crippen LogP contribution in [0.2, 0.25) is 0 Å². The third-order valence-electron chi connectivity index (χ3n) is 5.74. The van der Waals surface area contributed by atoms with E-state index in [9.17, 15) is 9.59 Å². The van der Waals surface area contributed by atoms with Crippen molar-refractivity contribution in [3.63, 3.8) is 0 Å². The normalized spacial score (nSPS) is 17.2. The molecule has 0 spiro atoms. The molecule has 0 saturated carbocycles. The molecule has 2 amide bonds. The summed E-state index contributed by atoms with van der Waals surface area (Å²) in [6, 6.07) is 11.3. The molecule has 1 fully saturated rings. The van der Waals surface area contributed by atoms with E-state index in [0.717, 1.165) is 16.7 Å². The Bertz CT molecular complexity index is 1070. The maximum Gasteiger partial charge on any atom is 0.254 e. The summed E-state index contributed by atoms with van der Waals surface area (Å²) in [6.45, 7) is 2.69. The Hall–Kier alpha value is -3.26. The van der Waals surface area contributed by atoms with E-state index < -0.39 is 0 Å². The van der Waals surface area contributed by atoms with Crippen molar-refractivity contribution in [1.29, 1.82) is 0 Å². The van der Waals surface area contributed by atoms with Gasteiger partial charge in [0.2, 0.25) is 5.91 Å². The molecule has 1 aliphatic heterocycles. The SMILES string of the molecule is COCCn1cnc2cc(C(=O)N3CCN(C)C(=O)C(Cc4ccccn4)C3)ccc21. The van der Waals surface area contributed by atoms with E-state index in [1.807, 2.05) is 41.0 Å². The number of hydrogen-bond donors (Lipinski definition) is 0. The number of carbonyl (C=O) groups is 2. The van der Waals surface area contributed by atoms with E-state index in [4.69, 9.17) is 4.74 Å². The molecule has 31 heavy (non-hydrogen) atoms. The minimum Gasteiger partial charge on any atom is -0.383 e. The first kappa shape index (κ1) is 21.0. The standard InChI is InChI=1S/C23H27N5O3/c1-26-9-10-27(15-18(22(26)29)13-19-5-3-4-8-24-19)23(30)17-6-7-21-20(14-17)25-16-28(21)11-12-31-2/h3-8,14,16,18H,9-13,15H2,1-2H3. The van der Waals surface area contributed by atoms with E-state index in [1.165, 1.54) is 0 Å². The number of nitrogens with zero attached hydrogens (tertiary/aromatic N) is 5. The molecular weight excluding hydrogens is 394 g/mol. The van der Waals surface area contributed by atoms with Gasteiger partial charge >= 0.3 is 0 Å². The summed E-state index contributed by atoms with van der Waals surface area (Å²) in [5.41, 5.74) is 3.17. The Balaban J connectivity index is 1.54. The monoisotopic (exact) mass is 421 g/mol. The van der Waals surface area contributed by atoms with Gasteiger partial charge in [-0.15, -0.1) is 0 Å². The van der Waals surface area contributed by atoms with Gasteiger partial charge in [-0.05, 0) is 30.3 Å². The molecule has 0 bridgehead atoms. The lowest BCUT2D eigenvalue weighted by Crippen LogP contribution is -2.37. The summed E-state index contributed by atoms with van der Waals surface area (Å²) in [5.74, 6) is -0.348. The lowest BCUT2D eigenvalue weighted by molar-refractivity contribution is -0.133. The van der Waals surface area contributed by atoms with Crippen LogP contribution in [0.1, 0.15) is 16.1 Å². The summed E-state index contributed by atoms with van der Waals surface area (Å²) >= 11 is 0. The summed E-state index contributed by atoms with van der Waals surface area (Å²) in [6.07, 6.45) is 4.00. The van der Waals surface area contributed by atoms with Gasteiger partial charge < -0.3 is 19.1 Å². The second-order valence-electron chi connectivity index (χ2n) is 7.87. The van der Waals surface area contributed by atoms with Gasteiger partial charge in [-0.3, -0.25) is 14.6 Å². The fourth-order valence-corrected chi connectivity index (χ4v) is 3.98. The van der Waals surface area contributed by atoms with Gasteiger partial charge in [0.1, 0.15) is 0 Å². The van der Waals surface area contributed by atoms with Crippen LogP contribution in [0.3, 0.4) is 0 Å². The second kappa shape index (κ2) is 9.26. The smallest absolute Gasteiger partial charge is 0.254 e. The molecule has 2 aromatic heterocycles. The Labute approximate surface area is 181 Å². The summed E-state index contributed by atoms with van der Waals surface area (Å²) in [4.78, 5) is 38.4. The molecule has 1 saturated heterocycles. The maximum absolute atomic E-state index is 13.3. The lowest BCUT2D eigenvalue weighted by atomic mass is 10.0. The number of rotatable bonds is 6. The van der Waals surface area contributed by atoms with Gasteiger partial charge in [0.05, 0.1) is 29.9 Å². The molecule has 1 unspecified atom stereocenters. The molecule has 1 atom stereocenters. The van der Waals surface area contributed by atoms with Gasteiger partial charge in [-0.1, -0.05) is 6.07 Å². The van der Waals surface area contributed by atoms with E-state index in [1.54, 1.807) is 36.5 Å². The van der Waals surface area contributed by atoms with Crippen molar-refractivity contribution < 1.29 is 14.3 Å². The first-order chi connectivity index (χ1) is 15.1. The van der Waals surface area contributed by atoms with Crippen molar-refractivity contribution in [2.24, 2.45) is 5.92 Å². The predicted octanol–water partition coefficient (Wildman–Crippen LogP) is 1.85. The van der Waals surface area contributed by atoms with Crippen molar-refractivity contribution in [3.8, 4) is 0 Å². The van der Waals surface area contributed by atoms with Crippen molar-refractivity contribution in [2.75, 3.05) is 40.4 Å². The van der Waals surface area contributed by atoms with Crippen LogP contribution in [-0.2, 0) is 22.5 Å². The predicted molar refractivity (Wildman–Crippen MR) is 117 cm³/mol. The first-order valence-corrected chi connectivity index (χ1v) is 10.4. The molecule has 8 nitrogen and oxygen atoms in total. The Morgan fingerprint density at radius 2 is 2.06 bits per heavy atom. The highest BCUT2D eigenvalue weighted by molar-refractivity contribution is 5.98. The highest BCUT2D eigenvalue weighted by Gasteiger charge is 2.31. The average molecular weight is 422 g/mol. The van der Waals surface area contributed by atoms with Crippen molar-refractivity contribution >= 4 is 22.8 Å². The molecule has 0 aliphatic carbocycles. The van der Waals surface area contributed by atoms with Crippen LogP contribution in [0.4, 0.5) is 0 Å². The molecule has 3 heterocycles. The summed E-state index contributed by atoms with van der Waals surface area (Å²) in [7, 11) is 3.46. The Morgan fingerprint density at radius 1 is 1.19 bits per heavy atom. The molecule has 4 rings (SSSR count). The van der Waals surface area contributed by atoms with Gasteiger partial charge in [0, 0.05) is 64.2 Å². The highest BCUT2D eigenvalue weighted by atomic mass is 16.5. The number of ether oxygens (including phenoxy) is 1. The van der Waals surface area contributed by atoms with Crippen LogP contribution < -0.4 is 0 Å². The quantitative estimate of drug-likeness (QED) is 0.607. The van der Waals surface area contributed by atoms with Crippen molar-refractivity contribution in [1.82, 2.24) is 24.3 Å². The minimum absolute atomic E-state index is 0.0493. The number of likely N-dealkylation sites (N-methyl/N-ethyl adjacent to an activating group) is 1. The van der Waals surface area contributed by atoms with Crippen molar-refractivity contribution in [3.05, 3.63) is 60.2 Å². The first-order valence-electron chi connectivity index (χ1n) is 10.4. The van der Waals surface area contributed by atoms with E-state index in [2.05, 4.69) is 9.97 Å². The zero-order chi connectivity index (χ0) is 21.8. The fraction of sp³-hybridized carbons (Fsp3) is 0.391. The third-order valence-corrected chi connectivity index (χ3v) is 5.74. The third kappa shape index (κ3) is 4.59. The molecular formula is C23H27N5O3. The number of benzene rings is 1. The second-order valence-corrected chi connectivity index (χ2v) is 7.87.